The molecule has 0 bridgehead atoms. The van der Waals surface area contributed by atoms with E-state index < -0.39 is 0 Å². The minimum absolute atomic E-state index is 0.0323. The molecule has 108 valence electrons. The molecule has 0 atom stereocenters. The molecule has 5 nitrogen and oxygen atoms in total. The topological polar surface area (TPSA) is 70.4 Å². The quantitative estimate of drug-likeness (QED) is 0.745. The third kappa shape index (κ3) is 4.11. The lowest BCUT2D eigenvalue weighted by atomic mass is 10.0. The average Bonchev–Trinajstić information content (AvgIpc) is 2.68. The number of carbonyl (C=O) groups excluding carboxylic acids is 1. The van der Waals surface area contributed by atoms with Crippen molar-refractivity contribution in [3.8, 4) is 0 Å². The van der Waals surface area contributed by atoms with Crippen LogP contribution in [-0.2, 0) is 0 Å². The first-order chi connectivity index (χ1) is 8.77. The van der Waals surface area contributed by atoms with Gasteiger partial charge in [0.25, 0.3) is 5.91 Å². The van der Waals surface area contributed by atoms with Gasteiger partial charge in [-0.25, -0.2) is 0 Å². The number of thiophene rings is 1. The number of anilines is 2. The van der Waals surface area contributed by atoms with Crippen molar-refractivity contribution in [1.29, 1.82) is 0 Å². The number of likely N-dealkylation sites (N-methyl/N-ethyl adjacent to an activating group) is 1. The highest BCUT2D eigenvalue weighted by molar-refractivity contribution is 7.18. The van der Waals surface area contributed by atoms with Crippen LogP contribution in [0.4, 0.5) is 10.7 Å². The van der Waals surface area contributed by atoms with Gasteiger partial charge in [0.05, 0.1) is 10.7 Å². The average molecular weight is 284 g/mol. The predicted octanol–water partition coefficient (Wildman–Crippen LogP) is 1.83. The Hall–Kier alpha value is -1.27. The molecule has 1 rings (SSSR count). The van der Waals surface area contributed by atoms with Crippen molar-refractivity contribution in [2.24, 2.45) is 0 Å². The van der Waals surface area contributed by atoms with Gasteiger partial charge in [-0.3, -0.25) is 4.79 Å². The molecule has 1 heterocycles. The molecule has 19 heavy (non-hydrogen) atoms. The van der Waals surface area contributed by atoms with Crippen LogP contribution >= 0.6 is 11.3 Å². The van der Waals surface area contributed by atoms with Crippen LogP contribution in [0.3, 0.4) is 0 Å². The van der Waals surface area contributed by atoms with Gasteiger partial charge in [-0.2, -0.15) is 0 Å². The van der Waals surface area contributed by atoms with E-state index in [-0.39, 0.29) is 11.4 Å². The zero-order valence-electron chi connectivity index (χ0n) is 12.3. The molecule has 0 aromatic carbocycles. The summed E-state index contributed by atoms with van der Waals surface area (Å²) >= 11 is 1.39. The Morgan fingerprint density at radius 3 is 2.63 bits per heavy atom. The molecule has 0 spiro atoms. The zero-order valence-corrected chi connectivity index (χ0v) is 13.1. The maximum Gasteiger partial charge on any atom is 0.263 e. The van der Waals surface area contributed by atoms with E-state index >= 15 is 0 Å². The number of hydrogen-bond donors (Lipinski definition) is 3. The van der Waals surface area contributed by atoms with E-state index in [9.17, 15) is 4.79 Å². The molecule has 0 fully saturated rings. The third-order valence-electron chi connectivity index (χ3n) is 3.21. The number of nitrogen functional groups attached to an aromatic ring is 1. The van der Waals surface area contributed by atoms with Gasteiger partial charge in [0.2, 0.25) is 0 Å². The van der Waals surface area contributed by atoms with Crippen LogP contribution in [0.25, 0.3) is 0 Å². The normalized spacial score (nSPS) is 11.7. The highest BCUT2D eigenvalue weighted by atomic mass is 32.1. The summed E-state index contributed by atoms with van der Waals surface area (Å²) in [4.78, 5) is 14.5. The molecule has 4 N–H and O–H groups in total. The van der Waals surface area contributed by atoms with Crippen molar-refractivity contribution >= 4 is 27.9 Å². The van der Waals surface area contributed by atoms with E-state index in [2.05, 4.69) is 29.4 Å². The fourth-order valence-electron chi connectivity index (χ4n) is 1.37. The molecule has 1 aromatic heterocycles. The number of nitrogens with one attached hydrogen (secondary N) is 2. The number of hydrogen-bond acceptors (Lipinski definition) is 5. The minimum atomic E-state index is -0.107. The first-order valence-corrected chi connectivity index (χ1v) is 7.18. The molecular weight excluding hydrogens is 260 g/mol. The van der Waals surface area contributed by atoms with Gasteiger partial charge in [0.15, 0.2) is 0 Å². The van der Waals surface area contributed by atoms with Crippen LogP contribution in [0.1, 0.15) is 30.4 Å². The van der Waals surface area contributed by atoms with Crippen LogP contribution in [0.5, 0.6) is 0 Å². The van der Waals surface area contributed by atoms with Gasteiger partial charge < -0.3 is 21.3 Å². The maximum atomic E-state index is 11.8. The fraction of sp³-hybridized carbons (Fsp3) is 0.615. The van der Waals surface area contributed by atoms with Gasteiger partial charge in [0.1, 0.15) is 4.88 Å². The van der Waals surface area contributed by atoms with E-state index in [4.69, 9.17) is 5.73 Å². The Labute approximate surface area is 119 Å². The number of nitrogens with zero attached hydrogens (tertiary/aromatic N) is 1. The summed E-state index contributed by atoms with van der Waals surface area (Å²) in [7, 11) is 4.09. The molecule has 0 saturated carbocycles. The molecule has 0 unspecified atom stereocenters. The molecule has 0 saturated heterocycles. The van der Waals surface area contributed by atoms with Crippen molar-refractivity contribution in [2.75, 3.05) is 38.2 Å². The van der Waals surface area contributed by atoms with Crippen molar-refractivity contribution in [3.05, 3.63) is 10.9 Å². The molecule has 0 aliphatic carbocycles. The van der Waals surface area contributed by atoms with E-state index in [0.29, 0.717) is 17.1 Å². The van der Waals surface area contributed by atoms with Crippen molar-refractivity contribution in [3.63, 3.8) is 0 Å². The Kier molecular flexibility index (Phi) is 5.20. The Balaban J connectivity index is 2.72. The summed E-state index contributed by atoms with van der Waals surface area (Å²) in [5.74, 6) is -0.107. The first-order valence-electron chi connectivity index (χ1n) is 6.36. The standard InChI is InChI=1S/C13H24N4OS/c1-6-15-12(18)11-9(14)7-10(19-11)16-8-13(2,3)17(4)5/h7,16H,6,8,14H2,1-5H3,(H,15,18). The van der Waals surface area contributed by atoms with E-state index in [0.717, 1.165) is 11.5 Å². The smallest absolute Gasteiger partial charge is 0.263 e. The Bertz CT molecular complexity index is 440. The van der Waals surface area contributed by atoms with Crippen LogP contribution in [0, 0.1) is 0 Å². The molecular formula is C13H24N4OS. The summed E-state index contributed by atoms with van der Waals surface area (Å²) in [6.07, 6.45) is 0. The molecule has 0 aliphatic heterocycles. The molecule has 0 radical (unpaired) electrons. The monoisotopic (exact) mass is 284 g/mol. The Morgan fingerprint density at radius 1 is 1.47 bits per heavy atom. The number of amides is 1. The van der Waals surface area contributed by atoms with Crippen molar-refractivity contribution in [1.82, 2.24) is 10.2 Å². The fourth-order valence-corrected chi connectivity index (χ4v) is 2.26. The number of nitrogens with two attached hydrogens (primary N) is 1. The zero-order chi connectivity index (χ0) is 14.6. The molecule has 1 amide bonds. The predicted molar refractivity (Wildman–Crippen MR) is 83.0 cm³/mol. The molecule has 0 aliphatic rings. The Morgan fingerprint density at radius 2 is 2.11 bits per heavy atom. The lowest BCUT2D eigenvalue weighted by Crippen LogP contribution is -2.44. The third-order valence-corrected chi connectivity index (χ3v) is 4.32. The number of rotatable bonds is 6. The highest BCUT2D eigenvalue weighted by Gasteiger charge is 2.21. The second-order valence-corrected chi connectivity index (χ2v) is 6.37. The van der Waals surface area contributed by atoms with Crippen molar-refractivity contribution < 1.29 is 4.79 Å². The summed E-state index contributed by atoms with van der Waals surface area (Å²) < 4.78 is 0. The van der Waals surface area contributed by atoms with Gasteiger partial charge >= 0.3 is 0 Å². The molecule has 6 heteroatoms. The minimum Gasteiger partial charge on any atom is -0.397 e. The first kappa shape index (κ1) is 15.8. The summed E-state index contributed by atoms with van der Waals surface area (Å²) in [6.45, 7) is 7.59. The van der Waals surface area contributed by atoms with E-state index in [1.807, 2.05) is 27.1 Å². The summed E-state index contributed by atoms with van der Waals surface area (Å²) in [6, 6.07) is 1.82. The SMILES string of the molecule is CCNC(=O)c1sc(NCC(C)(C)N(C)C)cc1N. The lowest BCUT2D eigenvalue weighted by Gasteiger charge is -2.32. The largest absolute Gasteiger partial charge is 0.397 e. The summed E-state index contributed by atoms with van der Waals surface area (Å²) in [5, 5.41) is 7.03. The maximum absolute atomic E-state index is 11.8. The van der Waals surface area contributed by atoms with Gasteiger partial charge in [-0.05, 0) is 40.9 Å². The van der Waals surface area contributed by atoms with Crippen molar-refractivity contribution in [2.45, 2.75) is 26.3 Å². The van der Waals surface area contributed by atoms with Crippen LogP contribution < -0.4 is 16.4 Å². The van der Waals surface area contributed by atoms with Crippen LogP contribution in [0.15, 0.2) is 6.07 Å². The second kappa shape index (κ2) is 6.25. The van der Waals surface area contributed by atoms with E-state index in [1.54, 1.807) is 0 Å². The van der Waals surface area contributed by atoms with Gasteiger partial charge in [-0.1, -0.05) is 0 Å². The van der Waals surface area contributed by atoms with E-state index in [1.165, 1.54) is 11.3 Å². The molecule has 1 aromatic rings. The summed E-state index contributed by atoms with van der Waals surface area (Å²) in [5.41, 5.74) is 6.43. The van der Waals surface area contributed by atoms with Gasteiger partial charge in [0, 0.05) is 18.6 Å². The second-order valence-electron chi connectivity index (χ2n) is 5.31. The van der Waals surface area contributed by atoms with Crippen LogP contribution in [-0.4, -0.2) is 43.5 Å². The van der Waals surface area contributed by atoms with Crippen LogP contribution in [0.2, 0.25) is 0 Å². The highest BCUT2D eigenvalue weighted by Crippen LogP contribution is 2.29. The lowest BCUT2D eigenvalue weighted by molar-refractivity contribution is 0.0960. The number of carbonyl (C=O) groups is 1. The van der Waals surface area contributed by atoms with Gasteiger partial charge in [-0.15, -0.1) is 11.3 Å².